The van der Waals surface area contributed by atoms with E-state index in [1.165, 1.54) is 0 Å². The fourth-order valence-electron chi connectivity index (χ4n) is 3.28. The van der Waals surface area contributed by atoms with Crippen molar-refractivity contribution >= 4 is 29.7 Å². The lowest BCUT2D eigenvalue weighted by Crippen LogP contribution is -2.56. The molecule has 3 unspecified atom stereocenters. The Morgan fingerprint density at radius 1 is 0.971 bits per heavy atom. The monoisotopic (exact) mass is 491 g/mol. The lowest BCUT2D eigenvalue weighted by Gasteiger charge is -2.24. The summed E-state index contributed by atoms with van der Waals surface area (Å²) in [5, 5.41) is 16.4. The topological polar surface area (TPSA) is 215 Å². The first-order chi connectivity index (χ1) is 16.5. The summed E-state index contributed by atoms with van der Waals surface area (Å²) in [6, 6.07) is 6.21. The van der Waals surface area contributed by atoms with Crippen molar-refractivity contribution in [3.05, 3.63) is 35.9 Å². The molecule has 12 nitrogen and oxygen atoms in total. The number of rotatable bonds is 15. The molecule has 35 heavy (non-hydrogen) atoms. The Bertz CT molecular complexity index is 872. The second kappa shape index (κ2) is 15.3. The highest BCUT2D eigenvalue weighted by Gasteiger charge is 2.28. The van der Waals surface area contributed by atoms with Crippen molar-refractivity contribution in [3.63, 3.8) is 0 Å². The number of aliphatic imine (C=N–C) groups is 1. The number of nitrogens with two attached hydrogens (primary N) is 3. The van der Waals surface area contributed by atoms with Crippen molar-refractivity contribution in [2.45, 2.75) is 57.7 Å². The van der Waals surface area contributed by atoms with Gasteiger partial charge < -0.3 is 38.3 Å². The van der Waals surface area contributed by atoms with Gasteiger partial charge in [-0.1, -0.05) is 44.2 Å². The summed E-state index contributed by atoms with van der Waals surface area (Å²) in [7, 11) is 0. The molecule has 1 aromatic carbocycles. The van der Waals surface area contributed by atoms with Crippen LogP contribution in [0.5, 0.6) is 0 Å². The number of guanidine groups is 1. The number of hydrogen-bond donors (Lipinski definition) is 7. The summed E-state index contributed by atoms with van der Waals surface area (Å²) in [5.74, 6) is -2.90. The average Bonchev–Trinajstić information content (AvgIpc) is 2.78. The van der Waals surface area contributed by atoms with Crippen molar-refractivity contribution < 1.29 is 24.3 Å². The normalized spacial score (nSPS) is 13.3. The molecule has 0 saturated heterocycles. The Labute approximate surface area is 205 Å². The van der Waals surface area contributed by atoms with Gasteiger partial charge in [-0.25, -0.2) is 0 Å². The van der Waals surface area contributed by atoms with Gasteiger partial charge in [-0.05, 0) is 30.7 Å². The van der Waals surface area contributed by atoms with Crippen LogP contribution in [-0.2, 0) is 25.6 Å². The maximum Gasteiger partial charge on any atom is 0.322 e. The number of aliphatic carboxylic acids is 1. The second-order valence-electron chi connectivity index (χ2n) is 8.61. The van der Waals surface area contributed by atoms with Crippen LogP contribution in [0.1, 0.15) is 38.7 Å². The maximum absolute atomic E-state index is 13.2. The molecule has 0 aromatic heterocycles. The molecule has 0 aliphatic heterocycles. The van der Waals surface area contributed by atoms with E-state index in [1.54, 1.807) is 0 Å². The van der Waals surface area contributed by atoms with Crippen LogP contribution in [0.3, 0.4) is 0 Å². The molecule has 0 fully saturated rings. The number of carboxylic acid groups (broad SMARTS) is 1. The van der Waals surface area contributed by atoms with Gasteiger partial charge in [0.15, 0.2) is 5.96 Å². The third kappa shape index (κ3) is 12.4. The van der Waals surface area contributed by atoms with E-state index >= 15 is 0 Å². The maximum atomic E-state index is 13.2. The van der Waals surface area contributed by atoms with E-state index in [4.69, 9.17) is 22.3 Å². The Morgan fingerprint density at radius 2 is 1.60 bits per heavy atom. The molecule has 0 saturated carbocycles. The number of amides is 3. The molecular formula is C23H37N7O5. The lowest BCUT2D eigenvalue weighted by atomic mass is 10.0. The van der Waals surface area contributed by atoms with Crippen molar-refractivity contribution in [3.8, 4) is 0 Å². The molecular weight excluding hydrogens is 454 g/mol. The Hall–Kier alpha value is -3.67. The van der Waals surface area contributed by atoms with E-state index in [-0.39, 0.29) is 31.3 Å². The second-order valence-corrected chi connectivity index (χ2v) is 8.61. The van der Waals surface area contributed by atoms with Crippen LogP contribution in [0.2, 0.25) is 0 Å². The van der Waals surface area contributed by atoms with Gasteiger partial charge in [0.2, 0.25) is 17.7 Å². The molecule has 0 radical (unpaired) electrons. The molecule has 194 valence electrons. The molecule has 0 heterocycles. The summed E-state index contributed by atoms with van der Waals surface area (Å²) < 4.78 is 0. The van der Waals surface area contributed by atoms with Crippen LogP contribution >= 0.6 is 0 Å². The van der Waals surface area contributed by atoms with E-state index in [1.807, 2.05) is 44.2 Å². The number of nitrogens with zero attached hydrogens (tertiary/aromatic N) is 1. The first-order valence-electron chi connectivity index (χ1n) is 11.4. The van der Waals surface area contributed by atoms with Gasteiger partial charge in [-0.3, -0.25) is 24.2 Å². The van der Waals surface area contributed by atoms with Gasteiger partial charge >= 0.3 is 5.97 Å². The molecule has 3 amide bonds. The third-order valence-electron chi connectivity index (χ3n) is 4.97. The smallest absolute Gasteiger partial charge is 0.322 e. The van der Waals surface area contributed by atoms with E-state index in [0.29, 0.717) is 12.8 Å². The molecule has 0 aliphatic carbocycles. The Balaban J connectivity index is 3.02. The van der Waals surface area contributed by atoms with E-state index in [2.05, 4.69) is 20.9 Å². The van der Waals surface area contributed by atoms with Gasteiger partial charge in [-0.2, -0.15) is 0 Å². The van der Waals surface area contributed by atoms with Gasteiger partial charge in [0.25, 0.3) is 0 Å². The zero-order valence-electron chi connectivity index (χ0n) is 20.2. The summed E-state index contributed by atoms with van der Waals surface area (Å²) in [5.41, 5.74) is 17.4. The summed E-state index contributed by atoms with van der Waals surface area (Å²) >= 11 is 0. The zero-order chi connectivity index (χ0) is 26.4. The molecule has 12 heteroatoms. The average molecular weight is 492 g/mol. The van der Waals surface area contributed by atoms with Gasteiger partial charge in [0.05, 0.1) is 6.04 Å². The molecule has 10 N–H and O–H groups in total. The van der Waals surface area contributed by atoms with Crippen LogP contribution in [-0.4, -0.2) is 66.0 Å². The minimum atomic E-state index is -1.22. The van der Waals surface area contributed by atoms with Crippen LogP contribution in [0.4, 0.5) is 0 Å². The van der Waals surface area contributed by atoms with Gasteiger partial charge in [0, 0.05) is 13.0 Å². The quantitative estimate of drug-likeness (QED) is 0.0898. The molecule has 0 aliphatic rings. The van der Waals surface area contributed by atoms with Crippen LogP contribution in [0.25, 0.3) is 0 Å². The van der Waals surface area contributed by atoms with Gasteiger partial charge in [0.1, 0.15) is 18.6 Å². The standard InChI is InChI=1S/C23H37N7O5/c1-14(2)11-16(24)20(33)30-18(12-15-7-4-3-5-8-15)22(35)29-17(9-6-10-27-23(25)26)21(34)28-13-19(31)32/h3-5,7-8,14,16-18H,6,9-13,24H2,1-2H3,(H,28,34)(H,29,35)(H,30,33)(H,31,32)(H4,25,26,27). The SMILES string of the molecule is CC(C)CC(N)C(=O)NC(Cc1ccccc1)C(=O)NC(CCCN=C(N)N)C(=O)NCC(=O)O. The number of hydrogen-bond acceptors (Lipinski definition) is 6. The molecule has 0 bridgehead atoms. The predicted molar refractivity (Wildman–Crippen MR) is 132 cm³/mol. The third-order valence-corrected chi connectivity index (χ3v) is 4.97. The first kappa shape index (κ1) is 29.4. The number of carboxylic acids is 1. The molecule has 0 spiro atoms. The van der Waals surface area contributed by atoms with E-state index < -0.39 is 48.4 Å². The lowest BCUT2D eigenvalue weighted by molar-refractivity contribution is -0.138. The fourth-order valence-corrected chi connectivity index (χ4v) is 3.28. The molecule has 3 atom stereocenters. The highest BCUT2D eigenvalue weighted by atomic mass is 16.4. The van der Waals surface area contributed by atoms with Crippen molar-refractivity contribution in [2.24, 2.45) is 28.1 Å². The van der Waals surface area contributed by atoms with Crippen molar-refractivity contribution in [2.75, 3.05) is 13.1 Å². The summed E-state index contributed by atoms with van der Waals surface area (Å²) in [6.45, 7) is 3.48. The number of benzene rings is 1. The van der Waals surface area contributed by atoms with Crippen LogP contribution in [0, 0.1) is 5.92 Å². The van der Waals surface area contributed by atoms with Gasteiger partial charge in [-0.15, -0.1) is 0 Å². The van der Waals surface area contributed by atoms with Crippen molar-refractivity contribution in [1.82, 2.24) is 16.0 Å². The summed E-state index contributed by atoms with van der Waals surface area (Å²) in [6.07, 6.45) is 1.10. The van der Waals surface area contributed by atoms with Crippen LogP contribution in [0.15, 0.2) is 35.3 Å². The predicted octanol–water partition coefficient (Wildman–Crippen LogP) is -1.17. The van der Waals surface area contributed by atoms with E-state index in [9.17, 15) is 19.2 Å². The Kier molecular flexibility index (Phi) is 12.8. The highest BCUT2D eigenvalue weighted by molar-refractivity contribution is 5.93. The minimum absolute atomic E-state index is 0.107. The zero-order valence-corrected chi connectivity index (χ0v) is 20.2. The number of nitrogens with one attached hydrogen (secondary N) is 3. The first-order valence-corrected chi connectivity index (χ1v) is 11.4. The molecule has 1 aromatic rings. The van der Waals surface area contributed by atoms with Crippen molar-refractivity contribution in [1.29, 1.82) is 0 Å². The minimum Gasteiger partial charge on any atom is -0.480 e. The Morgan fingerprint density at radius 3 is 2.17 bits per heavy atom. The summed E-state index contributed by atoms with van der Waals surface area (Å²) in [4.78, 5) is 53.1. The largest absolute Gasteiger partial charge is 0.480 e. The highest BCUT2D eigenvalue weighted by Crippen LogP contribution is 2.08. The fraction of sp³-hybridized carbons (Fsp3) is 0.522. The molecule has 1 rings (SSSR count). The number of carbonyl (C=O) groups excluding carboxylic acids is 3. The van der Waals surface area contributed by atoms with Crippen LogP contribution < -0.4 is 33.2 Å². The van der Waals surface area contributed by atoms with E-state index in [0.717, 1.165) is 5.56 Å². The number of carbonyl (C=O) groups is 4.